The maximum absolute atomic E-state index is 12.9. The van der Waals surface area contributed by atoms with Gasteiger partial charge in [-0.3, -0.25) is 15.0 Å². The van der Waals surface area contributed by atoms with Crippen LogP contribution >= 0.6 is 0 Å². The van der Waals surface area contributed by atoms with Gasteiger partial charge in [0.1, 0.15) is 11.6 Å². The summed E-state index contributed by atoms with van der Waals surface area (Å²) in [7, 11) is 0. The van der Waals surface area contributed by atoms with E-state index in [-0.39, 0.29) is 44.1 Å². The third-order valence-electron chi connectivity index (χ3n) is 4.98. The fraction of sp³-hybridized carbons (Fsp3) is 0.389. The number of hydrazone groups is 1. The van der Waals surface area contributed by atoms with Crippen LogP contribution in [0.4, 0.5) is 13.2 Å². The third kappa shape index (κ3) is 3.41. The molecule has 10 heteroatoms. The number of aromatic nitrogens is 1. The summed E-state index contributed by atoms with van der Waals surface area (Å²) in [6, 6.07) is 7.56. The first-order valence-electron chi connectivity index (χ1n) is 8.83. The summed E-state index contributed by atoms with van der Waals surface area (Å²) >= 11 is 0. The van der Waals surface area contributed by atoms with E-state index in [1.165, 1.54) is 4.90 Å². The number of rotatable bonds is 4. The van der Waals surface area contributed by atoms with E-state index in [1.807, 2.05) is 24.3 Å². The fourth-order valence-electron chi connectivity index (χ4n) is 3.58. The maximum atomic E-state index is 12.9. The number of Topliss-reactive ketones (excluding diaryl/α,β-unsaturated/α-hetero) is 1. The van der Waals surface area contributed by atoms with Gasteiger partial charge in [0, 0.05) is 36.6 Å². The number of para-hydroxylation sites is 1. The lowest BCUT2D eigenvalue weighted by Crippen LogP contribution is -2.58. The topological polar surface area (TPSA) is 80.8 Å². The minimum absolute atomic E-state index is 0.0123. The Balaban J connectivity index is 1.35. The summed E-state index contributed by atoms with van der Waals surface area (Å²) < 4.78 is 38.8. The molecule has 28 heavy (non-hydrogen) atoms. The number of ketones is 1. The normalized spacial score (nSPS) is 19.4. The molecular weight excluding hydrogens is 375 g/mol. The van der Waals surface area contributed by atoms with Gasteiger partial charge in [-0.2, -0.15) is 18.3 Å². The highest BCUT2D eigenvalue weighted by molar-refractivity contribution is 6.02. The number of nitrogens with one attached hydrogen (secondary N) is 2. The quantitative estimate of drug-likeness (QED) is 0.774. The predicted octanol–water partition coefficient (Wildman–Crippen LogP) is 1.62. The molecule has 1 aromatic heterocycles. The van der Waals surface area contributed by atoms with E-state index in [0.717, 1.165) is 21.4 Å². The molecule has 2 aliphatic heterocycles. The molecule has 1 unspecified atom stereocenters. The van der Waals surface area contributed by atoms with Crippen molar-refractivity contribution in [3.8, 4) is 0 Å². The molecule has 4 rings (SSSR count). The lowest BCUT2D eigenvalue weighted by atomic mass is 10.1. The van der Waals surface area contributed by atoms with Gasteiger partial charge in [-0.1, -0.05) is 18.2 Å². The molecule has 7 nitrogen and oxygen atoms in total. The van der Waals surface area contributed by atoms with Crippen LogP contribution in [0.25, 0.3) is 10.9 Å². The summed E-state index contributed by atoms with van der Waals surface area (Å²) in [4.78, 5) is 30.4. The number of hydrogen-bond donors (Lipinski definition) is 2. The Morgan fingerprint density at radius 3 is 2.79 bits per heavy atom. The molecule has 0 bridgehead atoms. The molecule has 2 aromatic rings. The summed E-state index contributed by atoms with van der Waals surface area (Å²) in [6.07, 6.45) is -4.73. The van der Waals surface area contributed by atoms with Gasteiger partial charge < -0.3 is 14.8 Å². The van der Waals surface area contributed by atoms with Crippen LogP contribution in [0.1, 0.15) is 12.0 Å². The highest BCUT2D eigenvalue weighted by atomic mass is 19.4. The maximum Gasteiger partial charge on any atom is 0.428 e. The summed E-state index contributed by atoms with van der Waals surface area (Å²) in [5.74, 6) is -0.481. The molecule has 1 amide bonds. The number of alkyl halides is 3. The smallest absolute Gasteiger partial charge is 0.361 e. The predicted molar refractivity (Wildman–Crippen MR) is 95.3 cm³/mol. The van der Waals surface area contributed by atoms with Crippen LogP contribution < -0.4 is 5.43 Å². The van der Waals surface area contributed by atoms with Gasteiger partial charge in [0.25, 0.3) is 0 Å². The molecule has 1 aromatic carbocycles. The average Bonchev–Trinajstić information content (AvgIpc) is 3.25. The van der Waals surface area contributed by atoms with E-state index in [9.17, 15) is 22.8 Å². The number of amidine groups is 1. The largest absolute Gasteiger partial charge is 0.428 e. The first-order chi connectivity index (χ1) is 13.3. The molecule has 2 N–H and O–H groups in total. The minimum atomic E-state index is -4.45. The lowest BCUT2D eigenvalue weighted by molar-refractivity contribution is -0.179. The van der Waals surface area contributed by atoms with Crippen LogP contribution in [-0.2, 0) is 16.0 Å². The van der Waals surface area contributed by atoms with E-state index in [4.69, 9.17) is 0 Å². The number of aromatic amines is 1. The minimum Gasteiger partial charge on any atom is -0.361 e. The van der Waals surface area contributed by atoms with Gasteiger partial charge in [-0.25, -0.2) is 0 Å². The Morgan fingerprint density at radius 2 is 2.00 bits per heavy atom. The Kier molecular flexibility index (Phi) is 4.48. The van der Waals surface area contributed by atoms with Crippen molar-refractivity contribution < 1.29 is 22.8 Å². The fourth-order valence-corrected chi connectivity index (χ4v) is 3.58. The molecule has 1 fully saturated rings. The van der Waals surface area contributed by atoms with Crippen molar-refractivity contribution in [1.82, 2.24) is 20.2 Å². The number of nitrogens with zero attached hydrogens (tertiary/aromatic N) is 3. The van der Waals surface area contributed by atoms with E-state index in [0.29, 0.717) is 0 Å². The second-order valence-electron chi connectivity index (χ2n) is 6.86. The number of amides is 1. The summed E-state index contributed by atoms with van der Waals surface area (Å²) in [5, 5.41) is 4.63. The molecule has 3 heterocycles. The highest BCUT2D eigenvalue weighted by Gasteiger charge is 2.49. The molecule has 0 spiro atoms. The third-order valence-corrected chi connectivity index (χ3v) is 4.98. The number of piperazine rings is 1. The monoisotopic (exact) mass is 393 g/mol. The van der Waals surface area contributed by atoms with Gasteiger partial charge in [0.2, 0.25) is 12.1 Å². The first-order valence-corrected chi connectivity index (χ1v) is 8.83. The molecule has 0 saturated carbocycles. The number of benzene rings is 1. The second kappa shape index (κ2) is 6.84. The zero-order valence-electron chi connectivity index (χ0n) is 14.8. The summed E-state index contributed by atoms with van der Waals surface area (Å²) in [6.45, 7) is 0.0870. The van der Waals surface area contributed by atoms with Gasteiger partial charge in [0.05, 0.1) is 13.0 Å². The van der Waals surface area contributed by atoms with E-state index >= 15 is 0 Å². The second-order valence-corrected chi connectivity index (χ2v) is 6.86. The molecule has 0 radical (unpaired) electrons. The van der Waals surface area contributed by atoms with Crippen molar-refractivity contribution in [3.05, 3.63) is 36.0 Å². The number of H-pyrrole nitrogens is 1. The molecule has 2 aliphatic rings. The summed E-state index contributed by atoms with van der Waals surface area (Å²) in [5.41, 5.74) is 3.80. The lowest BCUT2D eigenvalue weighted by Gasteiger charge is -2.36. The van der Waals surface area contributed by atoms with Crippen molar-refractivity contribution >= 4 is 28.4 Å². The van der Waals surface area contributed by atoms with Crippen molar-refractivity contribution in [1.29, 1.82) is 0 Å². The number of carbonyl (C=O) groups is 2. The first kappa shape index (κ1) is 18.3. The van der Waals surface area contributed by atoms with E-state index < -0.39 is 18.2 Å². The molecule has 1 saturated heterocycles. The van der Waals surface area contributed by atoms with Gasteiger partial charge in [-0.15, -0.1) is 0 Å². The Morgan fingerprint density at radius 1 is 1.21 bits per heavy atom. The Bertz CT molecular complexity index is 952. The highest BCUT2D eigenvalue weighted by Crippen LogP contribution is 2.27. The zero-order chi connectivity index (χ0) is 19.9. The number of halogens is 3. The van der Waals surface area contributed by atoms with Crippen LogP contribution in [-0.4, -0.2) is 64.3 Å². The van der Waals surface area contributed by atoms with Gasteiger partial charge in [-0.05, 0) is 11.6 Å². The molecule has 148 valence electrons. The molecular formula is C18H18F3N5O2. The van der Waals surface area contributed by atoms with Crippen LogP contribution in [0.15, 0.2) is 35.6 Å². The van der Waals surface area contributed by atoms with Gasteiger partial charge in [0.15, 0.2) is 0 Å². The number of carbonyl (C=O) groups excluding carboxylic acids is 2. The van der Waals surface area contributed by atoms with E-state index in [2.05, 4.69) is 15.5 Å². The SMILES string of the molecule is O=C(CC(=O)N1CCN2C(=NNC2C(F)(F)F)C1)Cc1c[nH]c2ccccc12. The van der Waals surface area contributed by atoms with Crippen LogP contribution in [0, 0.1) is 0 Å². The van der Waals surface area contributed by atoms with Crippen LogP contribution in [0.3, 0.4) is 0 Å². The van der Waals surface area contributed by atoms with Crippen molar-refractivity contribution in [2.75, 3.05) is 19.6 Å². The van der Waals surface area contributed by atoms with Gasteiger partial charge >= 0.3 is 6.18 Å². The van der Waals surface area contributed by atoms with E-state index in [1.54, 1.807) is 6.20 Å². The average molecular weight is 393 g/mol. The van der Waals surface area contributed by atoms with Crippen LogP contribution in [0.2, 0.25) is 0 Å². The standard InChI is InChI=1S/C18H18F3N5O2/c19-18(20,21)17-24-23-15-10-25(5-6-26(15)17)16(28)8-12(27)7-11-9-22-14-4-2-1-3-13(11)14/h1-4,9,17,22,24H,5-8,10H2. The number of fused-ring (bicyclic) bond motifs is 2. The Labute approximate surface area is 158 Å². The van der Waals surface area contributed by atoms with Crippen LogP contribution in [0.5, 0.6) is 0 Å². The Hall–Kier alpha value is -3.04. The molecule has 1 atom stereocenters. The number of hydrogen-bond acceptors (Lipinski definition) is 5. The van der Waals surface area contributed by atoms with Crippen molar-refractivity contribution in [3.63, 3.8) is 0 Å². The zero-order valence-corrected chi connectivity index (χ0v) is 14.8. The van der Waals surface area contributed by atoms with Crippen molar-refractivity contribution in [2.24, 2.45) is 5.10 Å². The van der Waals surface area contributed by atoms with Crippen molar-refractivity contribution in [2.45, 2.75) is 25.2 Å². The molecule has 0 aliphatic carbocycles.